The van der Waals surface area contributed by atoms with E-state index in [4.69, 9.17) is 16.3 Å². The number of carbonyl (C=O) groups is 1. The molecule has 0 heterocycles. The fourth-order valence-corrected chi connectivity index (χ4v) is 3.89. The van der Waals surface area contributed by atoms with Crippen molar-refractivity contribution in [3.05, 3.63) is 64.7 Å². The summed E-state index contributed by atoms with van der Waals surface area (Å²) >= 11 is 6.13. The lowest BCUT2D eigenvalue weighted by Gasteiger charge is -2.31. The van der Waals surface area contributed by atoms with Crippen LogP contribution in [-0.4, -0.2) is 19.6 Å². The molecular weight excluding hydrogens is 322 g/mol. The Balaban J connectivity index is 1.82. The Bertz CT molecular complexity index is 723. The van der Waals surface area contributed by atoms with E-state index in [1.54, 1.807) is 19.2 Å². The highest BCUT2D eigenvalue weighted by molar-refractivity contribution is 6.33. The molecule has 24 heavy (non-hydrogen) atoms. The number of hydrogen-bond donors (Lipinski definition) is 1. The molecule has 0 unspecified atom stereocenters. The van der Waals surface area contributed by atoms with Crippen LogP contribution in [0.25, 0.3) is 0 Å². The summed E-state index contributed by atoms with van der Waals surface area (Å²) in [4.78, 5) is 12.5. The van der Waals surface area contributed by atoms with Gasteiger partial charge in [0.15, 0.2) is 0 Å². The summed E-state index contributed by atoms with van der Waals surface area (Å²) in [5.41, 5.74) is 1.64. The van der Waals surface area contributed by atoms with Crippen molar-refractivity contribution in [2.75, 3.05) is 13.7 Å². The highest BCUT2D eigenvalue weighted by atomic mass is 35.5. The standard InChI is InChI=1S/C20H22ClNO2/c1-24-18-11-5-3-9-16(18)20(12-6-7-13-20)14-22-19(23)15-8-2-4-10-17(15)21/h2-5,8-11H,6-7,12-14H2,1H3,(H,22,23). The molecule has 1 saturated carbocycles. The monoisotopic (exact) mass is 343 g/mol. The maximum Gasteiger partial charge on any atom is 0.252 e. The zero-order valence-corrected chi connectivity index (χ0v) is 14.6. The molecular formula is C20H22ClNO2. The molecule has 1 fully saturated rings. The fourth-order valence-electron chi connectivity index (χ4n) is 3.67. The van der Waals surface area contributed by atoms with E-state index in [1.165, 1.54) is 18.4 Å². The van der Waals surface area contributed by atoms with Crippen LogP contribution in [0.2, 0.25) is 5.02 Å². The predicted octanol–water partition coefficient (Wildman–Crippen LogP) is 4.59. The molecule has 1 N–H and O–H groups in total. The Morgan fingerprint density at radius 3 is 2.50 bits per heavy atom. The van der Waals surface area contributed by atoms with Gasteiger partial charge in [0.1, 0.15) is 5.75 Å². The van der Waals surface area contributed by atoms with Crippen molar-refractivity contribution < 1.29 is 9.53 Å². The van der Waals surface area contributed by atoms with Crippen molar-refractivity contribution in [2.45, 2.75) is 31.1 Å². The molecule has 3 nitrogen and oxygen atoms in total. The van der Waals surface area contributed by atoms with Crippen LogP contribution >= 0.6 is 11.6 Å². The van der Waals surface area contributed by atoms with E-state index < -0.39 is 0 Å². The second-order valence-electron chi connectivity index (χ2n) is 6.35. The first-order chi connectivity index (χ1) is 11.7. The van der Waals surface area contributed by atoms with E-state index in [2.05, 4.69) is 11.4 Å². The Hall–Kier alpha value is -2.00. The van der Waals surface area contributed by atoms with Crippen molar-refractivity contribution in [3.63, 3.8) is 0 Å². The molecule has 0 atom stereocenters. The van der Waals surface area contributed by atoms with Crippen molar-refractivity contribution in [1.29, 1.82) is 0 Å². The van der Waals surface area contributed by atoms with Gasteiger partial charge in [-0.05, 0) is 31.0 Å². The minimum absolute atomic E-state index is 0.0660. The Morgan fingerprint density at radius 1 is 1.12 bits per heavy atom. The summed E-state index contributed by atoms with van der Waals surface area (Å²) in [5.74, 6) is 0.771. The van der Waals surface area contributed by atoms with Gasteiger partial charge in [-0.2, -0.15) is 0 Å². The molecule has 0 aromatic heterocycles. The number of amides is 1. The number of rotatable bonds is 5. The van der Waals surface area contributed by atoms with Crippen LogP contribution in [0.1, 0.15) is 41.6 Å². The summed E-state index contributed by atoms with van der Waals surface area (Å²) in [7, 11) is 1.70. The van der Waals surface area contributed by atoms with Crippen LogP contribution in [0.5, 0.6) is 5.75 Å². The average molecular weight is 344 g/mol. The van der Waals surface area contributed by atoms with E-state index in [1.807, 2.05) is 30.3 Å². The van der Waals surface area contributed by atoms with Gasteiger partial charge in [-0.3, -0.25) is 4.79 Å². The van der Waals surface area contributed by atoms with Gasteiger partial charge in [0, 0.05) is 17.5 Å². The lowest BCUT2D eigenvalue weighted by molar-refractivity contribution is 0.0943. The molecule has 0 aliphatic heterocycles. The van der Waals surface area contributed by atoms with Gasteiger partial charge >= 0.3 is 0 Å². The molecule has 0 saturated heterocycles. The molecule has 0 spiro atoms. The normalized spacial score (nSPS) is 15.9. The summed E-state index contributed by atoms with van der Waals surface area (Å²) in [6, 6.07) is 15.3. The molecule has 2 aromatic rings. The summed E-state index contributed by atoms with van der Waals surface area (Å²) in [6.07, 6.45) is 4.44. The van der Waals surface area contributed by atoms with Crippen molar-refractivity contribution in [1.82, 2.24) is 5.32 Å². The first-order valence-electron chi connectivity index (χ1n) is 8.32. The number of nitrogens with one attached hydrogen (secondary N) is 1. The van der Waals surface area contributed by atoms with Crippen LogP contribution in [-0.2, 0) is 5.41 Å². The second kappa shape index (κ2) is 7.27. The number of carbonyl (C=O) groups excluding carboxylic acids is 1. The number of ether oxygens (including phenoxy) is 1. The van der Waals surface area contributed by atoms with Gasteiger partial charge in [-0.15, -0.1) is 0 Å². The quantitative estimate of drug-likeness (QED) is 0.862. The molecule has 0 bridgehead atoms. The largest absolute Gasteiger partial charge is 0.496 e. The number of para-hydroxylation sites is 1. The Morgan fingerprint density at radius 2 is 1.79 bits per heavy atom. The van der Waals surface area contributed by atoms with E-state index >= 15 is 0 Å². The fraction of sp³-hybridized carbons (Fsp3) is 0.350. The number of methoxy groups -OCH3 is 1. The molecule has 1 amide bonds. The van der Waals surface area contributed by atoms with Crippen LogP contribution in [0.3, 0.4) is 0 Å². The zero-order chi connectivity index (χ0) is 17.0. The average Bonchev–Trinajstić information content (AvgIpc) is 3.10. The smallest absolute Gasteiger partial charge is 0.252 e. The maximum absolute atomic E-state index is 12.5. The van der Waals surface area contributed by atoms with Crippen LogP contribution in [0.15, 0.2) is 48.5 Å². The number of halogens is 1. The molecule has 0 radical (unpaired) electrons. The maximum atomic E-state index is 12.5. The minimum atomic E-state index is -0.123. The first kappa shape index (κ1) is 16.8. The van der Waals surface area contributed by atoms with Crippen LogP contribution in [0.4, 0.5) is 0 Å². The zero-order valence-electron chi connectivity index (χ0n) is 13.8. The third kappa shape index (κ3) is 3.27. The van der Waals surface area contributed by atoms with Gasteiger partial charge < -0.3 is 10.1 Å². The van der Waals surface area contributed by atoms with E-state index in [9.17, 15) is 4.79 Å². The summed E-state index contributed by atoms with van der Waals surface area (Å²) in [5, 5.41) is 3.57. The summed E-state index contributed by atoms with van der Waals surface area (Å²) in [6.45, 7) is 0.595. The molecule has 2 aromatic carbocycles. The minimum Gasteiger partial charge on any atom is -0.496 e. The van der Waals surface area contributed by atoms with Crippen molar-refractivity contribution in [2.24, 2.45) is 0 Å². The Kier molecular flexibility index (Phi) is 5.10. The molecule has 3 rings (SSSR count). The molecule has 126 valence electrons. The third-order valence-corrected chi connectivity index (χ3v) is 5.27. The predicted molar refractivity (Wildman–Crippen MR) is 96.9 cm³/mol. The highest BCUT2D eigenvalue weighted by Gasteiger charge is 2.38. The molecule has 1 aliphatic carbocycles. The lowest BCUT2D eigenvalue weighted by Crippen LogP contribution is -2.39. The van der Waals surface area contributed by atoms with Crippen LogP contribution < -0.4 is 10.1 Å². The molecule has 1 aliphatic rings. The van der Waals surface area contributed by atoms with E-state index in [0.29, 0.717) is 17.1 Å². The number of hydrogen-bond acceptors (Lipinski definition) is 2. The van der Waals surface area contributed by atoms with Crippen molar-refractivity contribution in [3.8, 4) is 5.75 Å². The van der Waals surface area contributed by atoms with Gasteiger partial charge in [0.2, 0.25) is 0 Å². The van der Waals surface area contributed by atoms with E-state index in [0.717, 1.165) is 18.6 Å². The lowest BCUT2D eigenvalue weighted by atomic mass is 9.78. The topological polar surface area (TPSA) is 38.3 Å². The highest BCUT2D eigenvalue weighted by Crippen LogP contribution is 2.44. The molecule has 4 heteroatoms. The van der Waals surface area contributed by atoms with E-state index in [-0.39, 0.29) is 11.3 Å². The number of benzene rings is 2. The summed E-state index contributed by atoms with van der Waals surface area (Å²) < 4.78 is 5.56. The Labute approximate surface area is 148 Å². The van der Waals surface area contributed by atoms with Gasteiger partial charge in [-0.1, -0.05) is 54.8 Å². The van der Waals surface area contributed by atoms with Gasteiger partial charge in [0.25, 0.3) is 5.91 Å². The first-order valence-corrected chi connectivity index (χ1v) is 8.70. The third-order valence-electron chi connectivity index (χ3n) is 4.94. The second-order valence-corrected chi connectivity index (χ2v) is 6.76. The van der Waals surface area contributed by atoms with Gasteiger partial charge in [-0.25, -0.2) is 0 Å². The van der Waals surface area contributed by atoms with Gasteiger partial charge in [0.05, 0.1) is 17.7 Å². The SMILES string of the molecule is COc1ccccc1C1(CNC(=O)c2ccccc2Cl)CCCC1. The van der Waals surface area contributed by atoms with Crippen LogP contribution in [0, 0.1) is 0 Å². The van der Waals surface area contributed by atoms with Crippen molar-refractivity contribution >= 4 is 17.5 Å².